The first-order chi connectivity index (χ1) is 7.43. The van der Waals surface area contributed by atoms with Crippen LogP contribution in [-0.4, -0.2) is 43.5 Å². The van der Waals surface area contributed by atoms with Crippen LogP contribution in [0.15, 0.2) is 12.3 Å². The molecule has 3 rings (SSSR count). The third-order valence-electron chi connectivity index (χ3n) is 2.36. The molecule has 1 fully saturated rings. The van der Waals surface area contributed by atoms with Gasteiger partial charge in [-0.1, -0.05) is 5.10 Å². The van der Waals surface area contributed by atoms with Crippen molar-refractivity contribution >= 4 is 11.8 Å². The highest BCUT2D eigenvalue weighted by Crippen LogP contribution is 2.19. The number of aromatic nitrogens is 6. The van der Waals surface area contributed by atoms with Gasteiger partial charge in [-0.2, -0.15) is 10.3 Å². The number of nitrogens with zero attached hydrogens (tertiary/aromatic N) is 5. The van der Waals surface area contributed by atoms with Crippen molar-refractivity contribution in [2.24, 2.45) is 0 Å². The first-order valence-corrected chi connectivity index (χ1v) is 4.68. The molecule has 0 spiro atoms. The van der Waals surface area contributed by atoms with Crippen LogP contribution in [-0.2, 0) is 0 Å². The van der Waals surface area contributed by atoms with Gasteiger partial charge in [-0.15, -0.1) is 5.10 Å². The van der Waals surface area contributed by atoms with E-state index in [1.54, 1.807) is 6.20 Å². The van der Waals surface area contributed by atoms with Gasteiger partial charge < -0.3 is 10.6 Å². The van der Waals surface area contributed by atoms with Gasteiger partial charge in [-0.25, -0.2) is 4.68 Å². The van der Waals surface area contributed by atoms with Gasteiger partial charge in [0.05, 0.1) is 12.2 Å². The molecule has 0 radical (unpaired) electrons. The minimum atomic E-state index is 0.411. The molecule has 15 heavy (non-hydrogen) atoms. The van der Waals surface area contributed by atoms with E-state index < -0.39 is 0 Å². The standard InChI is InChI=1S/C7H10N8/c1-2-9-15(5-3-8-4-5)6(1)10-7-11-13-14-12-7/h1-2,5,8H,3-4H2,(H2,10,11,12,13,14). The van der Waals surface area contributed by atoms with Crippen molar-refractivity contribution in [3.8, 4) is 0 Å². The summed E-state index contributed by atoms with van der Waals surface area (Å²) in [7, 11) is 0. The summed E-state index contributed by atoms with van der Waals surface area (Å²) >= 11 is 0. The lowest BCUT2D eigenvalue weighted by atomic mass is 10.2. The highest BCUT2D eigenvalue weighted by Gasteiger charge is 2.21. The van der Waals surface area contributed by atoms with Gasteiger partial charge >= 0.3 is 0 Å². The number of aromatic amines is 1. The molecule has 2 aromatic heterocycles. The van der Waals surface area contributed by atoms with Gasteiger partial charge in [-0.3, -0.25) is 0 Å². The highest BCUT2D eigenvalue weighted by atomic mass is 15.5. The SMILES string of the molecule is c1cc(Nc2nn[nH]n2)n(C2CNC2)n1. The van der Waals surface area contributed by atoms with Crippen LogP contribution in [0.2, 0.25) is 0 Å². The predicted molar refractivity (Wildman–Crippen MR) is 51.6 cm³/mol. The third kappa shape index (κ3) is 1.44. The Bertz CT molecular complexity index is 428. The van der Waals surface area contributed by atoms with Crippen molar-refractivity contribution < 1.29 is 0 Å². The van der Waals surface area contributed by atoms with E-state index in [1.165, 1.54) is 0 Å². The molecule has 3 N–H and O–H groups in total. The van der Waals surface area contributed by atoms with E-state index in [9.17, 15) is 0 Å². The second-order valence-corrected chi connectivity index (χ2v) is 3.33. The second-order valence-electron chi connectivity index (χ2n) is 3.33. The summed E-state index contributed by atoms with van der Waals surface area (Å²) in [6, 6.07) is 2.30. The van der Waals surface area contributed by atoms with Crippen LogP contribution in [0.3, 0.4) is 0 Å². The Balaban J connectivity index is 1.82. The molecule has 0 aromatic carbocycles. The Kier molecular flexibility index (Phi) is 1.85. The summed E-state index contributed by atoms with van der Waals surface area (Å²) < 4.78 is 1.92. The summed E-state index contributed by atoms with van der Waals surface area (Å²) in [6.45, 7) is 1.89. The van der Waals surface area contributed by atoms with Gasteiger partial charge in [-0.05, 0) is 5.21 Å². The fourth-order valence-electron chi connectivity index (χ4n) is 1.48. The van der Waals surface area contributed by atoms with E-state index in [-0.39, 0.29) is 0 Å². The molecule has 1 aliphatic heterocycles. The Morgan fingerprint density at radius 1 is 1.47 bits per heavy atom. The minimum absolute atomic E-state index is 0.411. The summed E-state index contributed by atoms with van der Waals surface area (Å²) in [5, 5.41) is 24.0. The van der Waals surface area contributed by atoms with Gasteiger partial charge in [0.1, 0.15) is 5.82 Å². The zero-order chi connectivity index (χ0) is 10.1. The number of nitrogens with one attached hydrogen (secondary N) is 3. The lowest BCUT2D eigenvalue weighted by Gasteiger charge is -2.28. The maximum Gasteiger partial charge on any atom is 0.268 e. The fourth-order valence-corrected chi connectivity index (χ4v) is 1.48. The molecule has 0 saturated carbocycles. The summed E-state index contributed by atoms with van der Waals surface area (Å²) in [4.78, 5) is 0. The minimum Gasteiger partial charge on any atom is -0.312 e. The largest absolute Gasteiger partial charge is 0.312 e. The molecule has 1 saturated heterocycles. The van der Waals surface area contributed by atoms with E-state index in [2.05, 4.69) is 36.4 Å². The van der Waals surface area contributed by atoms with E-state index in [0.29, 0.717) is 12.0 Å². The van der Waals surface area contributed by atoms with E-state index in [4.69, 9.17) is 0 Å². The number of hydrogen-bond acceptors (Lipinski definition) is 6. The second kappa shape index (κ2) is 3.31. The molecule has 8 nitrogen and oxygen atoms in total. The molecular weight excluding hydrogens is 196 g/mol. The first-order valence-electron chi connectivity index (χ1n) is 4.68. The van der Waals surface area contributed by atoms with Crippen LogP contribution in [0.4, 0.5) is 11.8 Å². The van der Waals surface area contributed by atoms with Gasteiger partial charge in [0.25, 0.3) is 5.95 Å². The van der Waals surface area contributed by atoms with Crippen LogP contribution >= 0.6 is 0 Å². The van der Waals surface area contributed by atoms with Crippen molar-refractivity contribution in [3.05, 3.63) is 12.3 Å². The number of rotatable bonds is 3. The van der Waals surface area contributed by atoms with Crippen molar-refractivity contribution in [2.45, 2.75) is 6.04 Å². The molecule has 8 heteroatoms. The van der Waals surface area contributed by atoms with E-state index in [1.807, 2.05) is 10.7 Å². The molecule has 0 bridgehead atoms. The lowest BCUT2D eigenvalue weighted by molar-refractivity contribution is 0.322. The van der Waals surface area contributed by atoms with Crippen molar-refractivity contribution in [1.29, 1.82) is 0 Å². The van der Waals surface area contributed by atoms with Crippen LogP contribution in [0.1, 0.15) is 6.04 Å². The molecular formula is C7H10N8. The van der Waals surface area contributed by atoms with Crippen molar-refractivity contribution in [2.75, 3.05) is 18.4 Å². The van der Waals surface area contributed by atoms with E-state index in [0.717, 1.165) is 18.9 Å². The van der Waals surface area contributed by atoms with Crippen molar-refractivity contribution in [3.63, 3.8) is 0 Å². The molecule has 0 amide bonds. The summed E-state index contributed by atoms with van der Waals surface area (Å²) in [6.07, 6.45) is 1.75. The molecule has 2 aromatic rings. The van der Waals surface area contributed by atoms with Gasteiger partial charge in [0.2, 0.25) is 0 Å². The van der Waals surface area contributed by atoms with Crippen LogP contribution in [0.5, 0.6) is 0 Å². The van der Waals surface area contributed by atoms with Crippen molar-refractivity contribution in [1.82, 2.24) is 35.7 Å². The lowest BCUT2D eigenvalue weighted by Crippen LogP contribution is -2.44. The van der Waals surface area contributed by atoms with Gasteiger partial charge in [0.15, 0.2) is 0 Å². The molecule has 0 unspecified atom stereocenters. The van der Waals surface area contributed by atoms with Crippen LogP contribution in [0.25, 0.3) is 0 Å². The normalized spacial score (nSPS) is 16.3. The summed E-state index contributed by atoms with van der Waals surface area (Å²) in [5.74, 6) is 1.33. The van der Waals surface area contributed by atoms with Gasteiger partial charge in [0, 0.05) is 19.2 Å². The average Bonchev–Trinajstić information content (AvgIpc) is 2.76. The Morgan fingerprint density at radius 2 is 2.40 bits per heavy atom. The zero-order valence-corrected chi connectivity index (χ0v) is 7.88. The predicted octanol–water partition coefficient (Wildman–Crippen LogP) is -0.716. The molecule has 3 heterocycles. The Morgan fingerprint density at radius 3 is 3.07 bits per heavy atom. The maximum absolute atomic E-state index is 4.25. The fraction of sp³-hybridized carbons (Fsp3) is 0.429. The van der Waals surface area contributed by atoms with Crippen LogP contribution < -0.4 is 10.6 Å². The molecule has 0 aliphatic carbocycles. The quantitative estimate of drug-likeness (QED) is 0.613. The smallest absolute Gasteiger partial charge is 0.268 e. The zero-order valence-electron chi connectivity index (χ0n) is 7.88. The Hall–Kier alpha value is -1.96. The third-order valence-corrected chi connectivity index (χ3v) is 2.36. The highest BCUT2D eigenvalue weighted by molar-refractivity contribution is 5.46. The topological polar surface area (TPSA) is 96.3 Å². The molecule has 78 valence electrons. The maximum atomic E-state index is 4.25. The number of H-pyrrole nitrogens is 1. The number of hydrogen-bond donors (Lipinski definition) is 3. The number of tetrazole rings is 1. The average molecular weight is 206 g/mol. The Labute approximate surface area is 85.1 Å². The molecule has 0 atom stereocenters. The first kappa shape index (κ1) is 8.36. The van der Waals surface area contributed by atoms with Crippen LogP contribution in [0, 0.1) is 0 Å². The molecule has 1 aliphatic rings. The van der Waals surface area contributed by atoms with E-state index >= 15 is 0 Å². The summed E-state index contributed by atoms with van der Waals surface area (Å²) in [5.41, 5.74) is 0. The monoisotopic (exact) mass is 206 g/mol. The number of anilines is 2.